The van der Waals surface area contributed by atoms with E-state index in [0.29, 0.717) is 12.0 Å². The van der Waals surface area contributed by atoms with Gasteiger partial charge in [0.2, 0.25) is 0 Å². The Bertz CT molecular complexity index is 955. The van der Waals surface area contributed by atoms with Gasteiger partial charge in [0, 0.05) is 34.5 Å². The lowest BCUT2D eigenvalue weighted by molar-refractivity contribution is -0.115. The van der Waals surface area contributed by atoms with E-state index in [1.807, 2.05) is 32.0 Å². The lowest BCUT2D eigenvalue weighted by Gasteiger charge is -2.26. The average molecular weight is 304 g/mol. The third-order valence-corrected chi connectivity index (χ3v) is 4.77. The molecule has 114 valence electrons. The summed E-state index contributed by atoms with van der Waals surface area (Å²) in [6.45, 7) is 3.87. The number of allylic oxidation sites excluding steroid dienone is 4. The maximum atomic E-state index is 12.4. The number of nitriles is 1. The fourth-order valence-electron chi connectivity index (χ4n) is 3.61. The highest BCUT2D eigenvalue weighted by Gasteiger charge is 2.37. The maximum Gasteiger partial charge on any atom is 0.161 e. The van der Waals surface area contributed by atoms with Crippen LogP contribution in [0.4, 0.5) is 0 Å². The average Bonchev–Trinajstić information content (AvgIpc) is 3.09. The maximum absolute atomic E-state index is 12.4. The van der Waals surface area contributed by atoms with Gasteiger partial charge in [0.15, 0.2) is 5.78 Å². The van der Waals surface area contributed by atoms with Gasteiger partial charge < -0.3 is 5.32 Å². The first-order valence-electron chi connectivity index (χ1n) is 7.69. The first-order chi connectivity index (χ1) is 11.1. The van der Waals surface area contributed by atoms with Gasteiger partial charge in [-0.3, -0.25) is 9.89 Å². The summed E-state index contributed by atoms with van der Waals surface area (Å²) in [7, 11) is 0. The topological polar surface area (TPSA) is 81.6 Å². The Morgan fingerprint density at radius 2 is 2.13 bits per heavy atom. The molecule has 23 heavy (non-hydrogen) atoms. The zero-order valence-corrected chi connectivity index (χ0v) is 13.0. The third kappa shape index (κ3) is 1.92. The van der Waals surface area contributed by atoms with Gasteiger partial charge >= 0.3 is 0 Å². The van der Waals surface area contributed by atoms with E-state index in [2.05, 4.69) is 21.6 Å². The lowest BCUT2D eigenvalue weighted by Crippen LogP contribution is -2.24. The molecule has 0 saturated heterocycles. The molecule has 0 amide bonds. The van der Waals surface area contributed by atoms with Crippen LogP contribution in [0.1, 0.15) is 36.9 Å². The molecular formula is C18H16N4O. The molecular weight excluding hydrogens is 288 g/mol. The molecule has 0 spiro atoms. The van der Waals surface area contributed by atoms with Crippen LogP contribution in [0.15, 0.2) is 40.7 Å². The van der Waals surface area contributed by atoms with Crippen molar-refractivity contribution in [2.45, 2.75) is 32.6 Å². The van der Waals surface area contributed by atoms with Gasteiger partial charge in [-0.25, -0.2) is 0 Å². The molecule has 5 nitrogen and oxygen atoms in total. The summed E-state index contributed by atoms with van der Waals surface area (Å²) in [6, 6.07) is 8.26. The molecule has 2 aromatic rings. The van der Waals surface area contributed by atoms with E-state index in [9.17, 15) is 10.1 Å². The standard InChI is InChI=1S/C18H16N4O/c1-9-13(8-19)17(18-15(20-9)5-6-16(18)23)11-3-4-14-12(7-11)10(2)21-22-14/h3-4,7,17,20H,5-6H2,1-2H3,(H,21,22). The van der Waals surface area contributed by atoms with E-state index in [-0.39, 0.29) is 11.7 Å². The largest absolute Gasteiger partial charge is 0.361 e. The number of hydrogen-bond acceptors (Lipinski definition) is 4. The summed E-state index contributed by atoms with van der Waals surface area (Å²) >= 11 is 0. The van der Waals surface area contributed by atoms with Crippen molar-refractivity contribution in [2.24, 2.45) is 0 Å². The molecule has 0 bridgehead atoms. The van der Waals surface area contributed by atoms with Crippen LogP contribution in [0.25, 0.3) is 10.9 Å². The van der Waals surface area contributed by atoms with Gasteiger partial charge in [-0.15, -0.1) is 0 Å². The van der Waals surface area contributed by atoms with E-state index in [0.717, 1.165) is 45.5 Å². The minimum Gasteiger partial charge on any atom is -0.361 e. The van der Waals surface area contributed by atoms with Crippen LogP contribution in [-0.4, -0.2) is 16.0 Å². The molecule has 0 radical (unpaired) electrons. The summed E-state index contributed by atoms with van der Waals surface area (Å²) in [5.41, 5.74) is 6.05. The Hall–Kier alpha value is -2.87. The van der Waals surface area contributed by atoms with E-state index >= 15 is 0 Å². The van der Waals surface area contributed by atoms with E-state index in [1.54, 1.807) is 0 Å². The molecule has 5 heteroatoms. The number of carbonyl (C=O) groups excluding carboxylic acids is 1. The van der Waals surface area contributed by atoms with Crippen LogP contribution in [0.3, 0.4) is 0 Å². The Morgan fingerprint density at radius 1 is 1.30 bits per heavy atom. The summed E-state index contributed by atoms with van der Waals surface area (Å²) in [6.07, 6.45) is 1.25. The number of hydrogen-bond donors (Lipinski definition) is 2. The predicted molar refractivity (Wildman–Crippen MR) is 86.3 cm³/mol. The normalized spacial score (nSPS) is 20.7. The van der Waals surface area contributed by atoms with E-state index < -0.39 is 0 Å². The van der Waals surface area contributed by atoms with Gasteiger partial charge in [-0.1, -0.05) is 6.07 Å². The Balaban J connectivity index is 1.94. The molecule has 2 N–H and O–H groups in total. The molecule has 0 fully saturated rings. The number of Topliss-reactive ketones (excluding diaryl/α,β-unsaturated/α-hetero) is 1. The first kappa shape index (κ1) is 13.8. The molecule has 0 saturated carbocycles. The number of H-pyrrole nitrogens is 1. The summed E-state index contributed by atoms with van der Waals surface area (Å²) in [4.78, 5) is 12.4. The number of benzene rings is 1. The van der Waals surface area contributed by atoms with Crippen molar-refractivity contribution in [1.82, 2.24) is 15.5 Å². The van der Waals surface area contributed by atoms with Crippen LogP contribution in [-0.2, 0) is 4.79 Å². The van der Waals surface area contributed by atoms with Gasteiger partial charge in [0.05, 0.1) is 23.1 Å². The highest BCUT2D eigenvalue weighted by atomic mass is 16.1. The molecule has 1 atom stereocenters. The van der Waals surface area contributed by atoms with Crippen molar-refractivity contribution in [3.8, 4) is 6.07 Å². The molecule has 2 heterocycles. The number of rotatable bonds is 1. The third-order valence-electron chi connectivity index (χ3n) is 4.77. The number of dihydropyridines is 1. The molecule has 1 aliphatic carbocycles. The molecule has 1 aliphatic heterocycles. The quantitative estimate of drug-likeness (QED) is 0.848. The van der Waals surface area contributed by atoms with Crippen molar-refractivity contribution in [3.05, 3.63) is 52.0 Å². The Kier molecular flexibility index (Phi) is 2.88. The van der Waals surface area contributed by atoms with Crippen LogP contribution >= 0.6 is 0 Å². The van der Waals surface area contributed by atoms with Crippen molar-refractivity contribution in [1.29, 1.82) is 5.26 Å². The first-order valence-corrected chi connectivity index (χ1v) is 7.69. The SMILES string of the molecule is CC1=C(C#N)C(c2ccc3n[nH]c(C)c3c2)C2=C(CCC2=O)N1. The smallest absolute Gasteiger partial charge is 0.161 e. The second-order valence-electron chi connectivity index (χ2n) is 6.15. The minimum atomic E-state index is -0.273. The molecule has 1 aromatic heterocycles. The van der Waals surface area contributed by atoms with Gasteiger partial charge in [-0.2, -0.15) is 10.4 Å². The number of ketones is 1. The van der Waals surface area contributed by atoms with Crippen molar-refractivity contribution in [3.63, 3.8) is 0 Å². The van der Waals surface area contributed by atoms with E-state index in [1.165, 1.54) is 0 Å². The van der Waals surface area contributed by atoms with Gasteiger partial charge in [-0.05, 0) is 38.0 Å². The van der Waals surface area contributed by atoms with Gasteiger partial charge in [0.1, 0.15) is 0 Å². The minimum absolute atomic E-state index is 0.141. The molecule has 1 aromatic carbocycles. The predicted octanol–water partition coefficient (Wildman–Crippen LogP) is 2.97. The van der Waals surface area contributed by atoms with Crippen LogP contribution in [0, 0.1) is 18.3 Å². The van der Waals surface area contributed by atoms with Crippen LogP contribution in [0.5, 0.6) is 0 Å². The number of aromatic nitrogens is 2. The second kappa shape index (κ2) is 4.82. The second-order valence-corrected chi connectivity index (χ2v) is 6.15. The molecule has 2 aliphatic rings. The highest BCUT2D eigenvalue weighted by molar-refractivity contribution is 6.01. The molecule has 4 rings (SSSR count). The number of aromatic amines is 1. The number of carbonyl (C=O) groups is 1. The summed E-state index contributed by atoms with van der Waals surface area (Å²) in [5, 5.41) is 21.1. The number of nitrogens with one attached hydrogen (secondary N) is 2. The Labute approximate surface area is 133 Å². The fraction of sp³-hybridized carbons (Fsp3) is 0.278. The van der Waals surface area contributed by atoms with Crippen molar-refractivity contribution in [2.75, 3.05) is 0 Å². The van der Waals surface area contributed by atoms with Gasteiger partial charge in [0.25, 0.3) is 0 Å². The van der Waals surface area contributed by atoms with Crippen LogP contribution < -0.4 is 5.32 Å². The van der Waals surface area contributed by atoms with Crippen LogP contribution in [0.2, 0.25) is 0 Å². The zero-order valence-electron chi connectivity index (χ0n) is 13.0. The number of nitrogens with zero attached hydrogens (tertiary/aromatic N) is 2. The zero-order chi connectivity index (χ0) is 16.1. The number of fused-ring (bicyclic) bond motifs is 1. The van der Waals surface area contributed by atoms with Crippen molar-refractivity contribution >= 4 is 16.7 Å². The molecule has 1 unspecified atom stereocenters. The van der Waals surface area contributed by atoms with E-state index in [4.69, 9.17) is 0 Å². The summed E-state index contributed by atoms with van der Waals surface area (Å²) < 4.78 is 0. The van der Waals surface area contributed by atoms with Crippen molar-refractivity contribution < 1.29 is 4.79 Å². The summed E-state index contributed by atoms with van der Waals surface area (Å²) in [5.74, 6) is -0.133. The monoisotopic (exact) mass is 304 g/mol. The Morgan fingerprint density at radius 3 is 2.91 bits per heavy atom. The number of aryl methyl sites for hydroxylation is 1. The lowest BCUT2D eigenvalue weighted by atomic mass is 9.80. The fourth-order valence-corrected chi connectivity index (χ4v) is 3.61. The highest BCUT2D eigenvalue weighted by Crippen LogP contribution is 2.43.